The number of H-pyrrole nitrogens is 1. The molecule has 0 atom stereocenters. The summed E-state index contributed by atoms with van der Waals surface area (Å²) in [6, 6.07) is 7.64. The molecule has 0 aliphatic rings. The van der Waals surface area contributed by atoms with Crippen LogP contribution >= 0.6 is 11.3 Å². The maximum atomic E-state index is 11.1. The van der Waals surface area contributed by atoms with E-state index in [1.54, 1.807) is 19.2 Å². The van der Waals surface area contributed by atoms with Crippen LogP contribution in [0.15, 0.2) is 24.4 Å². The maximum absolute atomic E-state index is 11.1. The molecule has 0 saturated heterocycles. The van der Waals surface area contributed by atoms with Gasteiger partial charge in [0.1, 0.15) is 16.0 Å². The number of carboxylic acids is 1. The van der Waals surface area contributed by atoms with E-state index in [9.17, 15) is 10.1 Å². The number of benzene rings is 1. The molecule has 0 radical (unpaired) electrons. The first-order valence-electron chi connectivity index (χ1n) is 5.82. The van der Waals surface area contributed by atoms with Crippen LogP contribution < -0.4 is 0 Å². The highest BCUT2D eigenvalue weighted by molar-refractivity contribution is 7.17. The molecule has 0 aliphatic carbocycles. The standard InChI is InChI=1S/C14H9N3O2S/c1-7-12(14(18)19)20-13(17-7)9-4-8-2-3-16-11(8)10(5-9)6-15/h2-5,16H,1H3,(H,18,19). The van der Waals surface area contributed by atoms with Crippen molar-refractivity contribution in [3.8, 4) is 16.6 Å². The molecule has 0 aliphatic heterocycles. The summed E-state index contributed by atoms with van der Waals surface area (Å²) in [5, 5.41) is 19.8. The van der Waals surface area contributed by atoms with Crippen LogP contribution in [0.2, 0.25) is 0 Å². The molecule has 3 aromatic rings. The third-order valence-corrected chi connectivity index (χ3v) is 4.21. The Kier molecular flexibility index (Phi) is 2.77. The quantitative estimate of drug-likeness (QED) is 0.755. The first-order chi connectivity index (χ1) is 9.60. The van der Waals surface area contributed by atoms with Gasteiger partial charge in [0.05, 0.1) is 16.8 Å². The van der Waals surface area contributed by atoms with Crippen LogP contribution in [-0.2, 0) is 0 Å². The molecule has 0 spiro atoms. The normalized spacial score (nSPS) is 10.6. The summed E-state index contributed by atoms with van der Waals surface area (Å²) >= 11 is 1.12. The summed E-state index contributed by atoms with van der Waals surface area (Å²) in [6.45, 7) is 1.67. The highest BCUT2D eigenvalue weighted by Crippen LogP contribution is 2.31. The summed E-state index contributed by atoms with van der Waals surface area (Å²) < 4.78 is 0. The number of rotatable bonds is 2. The van der Waals surface area contributed by atoms with Crippen LogP contribution in [0, 0.1) is 18.3 Å². The van der Waals surface area contributed by atoms with Crippen molar-refractivity contribution in [1.82, 2.24) is 9.97 Å². The molecule has 6 heteroatoms. The molecule has 0 saturated carbocycles. The highest BCUT2D eigenvalue weighted by atomic mass is 32.1. The number of aromatic carboxylic acids is 1. The number of fused-ring (bicyclic) bond motifs is 1. The van der Waals surface area contributed by atoms with E-state index < -0.39 is 5.97 Å². The molecule has 5 nitrogen and oxygen atoms in total. The van der Waals surface area contributed by atoms with Crippen LogP contribution in [0.5, 0.6) is 0 Å². The first kappa shape index (κ1) is 12.4. The van der Waals surface area contributed by atoms with Gasteiger partial charge >= 0.3 is 5.97 Å². The number of hydrogen-bond acceptors (Lipinski definition) is 4. The summed E-state index contributed by atoms with van der Waals surface area (Å²) in [4.78, 5) is 18.6. The molecule has 98 valence electrons. The van der Waals surface area contributed by atoms with Crippen molar-refractivity contribution >= 4 is 28.2 Å². The van der Waals surface area contributed by atoms with Gasteiger partial charge < -0.3 is 10.1 Å². The van der Waals surface area contributed by atoms with E-state index in [2.05, 4.69) is 16.0 Å². The number of hydrogen-bond donors (Lipinski definition) is 2. The minimum Gasteiger partial charge on any atom is -0.477 e. The van der Waals surface area contributed by atoms with Gasteiger partial charge in [-0.05, 0) is 25.1 Å². The van der Waals surface area contributed by atoms with Crippen molar-refractivity contribution in [1.29, 1.82) is 5.26 Å². The number of carbonyl (C=O) groups is 1. The van der Waals surface area contributed by atoms with E-state index in [-0.39, 0.29) is 4.88 Å². The lowest BCUT2D eigenvalue weighted by atomic mass is 10.1. The maximum Gasteiger partial charge on any atom is 0.347 e. The SMILES string of the molecule is Cc1nc(-c2cc(C#N)c3[nH]ccc3c2)sc1C(=O)O. The highest BCUT2D eigenvalue weighted by Gasteiger charge is 2.16. The predicted molar refractivity (Wildman–Crippen MR) is 75.8 cm³/mol. The fourth-order valence-corrected chi connectivity index (χ4v) is 2.99. The Morgan fingerprint density at radius 1 is 1.50 bits per heavy atom. The monoisotopic (exact) mass is 283 g/mol. The van der Waals surface area contributed by atoms with Crippen LogP contribution in [-0.4, -0.2) is 21.0 Å². The van der Waals surface area contributed by atoms with E-state index >= 15 is 0 Å². The van der Waals surface area contributed by atoms with Crippen molar-refractivity contribution in [2.75, 3.05) is 0 Å². The fourth-order valence-electron chi connectivity index (χ4n) is 2.10. The molecule has 1 aromatic carbocycles. The van der Waals surface area contributed by atoms with Crippen molar-refractivity contribution < 1.29 is 9.90 Å². The van der Waals surface area contributed by atoms with Crippen molar-refractivity contribution in [2.24, 2.45) is 0 Å². The number of carboxylic acid groups (broad SMARTS) is 1. The Bertz CT molecular complexity index is 870. The van der Waals surface area contributed by atoms with E-state index in [1.807, 2.05) is 12.1 Å². The molecule has 0 fully saturated rings. The zero-order valence-electron chi connectivity index (χ0n) is 10.5. The first-order valence-corrected chi connectivity index (χ1v) is 6.64. The van der Waals surface area contributed by atoms with Gasteiger partial charge in [-0.2, -0.15) is 5.26 Å². The van der Waals surface area contributed by atoms with Crippen LogP contribution in [0.4, 0.5) is 0 Å². The molecule has 0 bridgehead atoms. The van der Waals surface area contributed by atoms with Gasteiger partial charge in [0, 0.05) is 17.1 Å². The lowest BCUT2D eigenvalue weighted by molar-refractivity contribution is 0.0701. The molecular formula is C14H9N3O2S. The predicted octanol–water partition coefficient (Wildman–Crippen LogP) is 3.17. The third kappa shape index (κ3) is 1.85. The van der Waals surface area contributed by atoms with Crippen molar-refractivity contribution in [3.63, 3.8) is 0 Å². The van der Waals surface area contributed by atoms with Gasteiger partial charge in [-0.1, -0.05) is 0 Å². The number of aryl methyl sites for hydroxylation is 1. The summed E-state index contributed by atoms with van der Waals surface area (Å²) in [7, 11) is 0. The molecular weight excluding hydrogens is 274 g/mol. The van der Waals surface area contributed by atoms with Gasteiger partial charge in [0.2, 0.25) is 0 Å². The molecule has 20 heavy (non-hydrogen) atoms. The van der Waals surface area contributed by atoms with Gasteiger partial charge in [0.15, 0.2) is 0 Å². The minimum absolute atomic E-state index is 0.229. The molecule has 2 aromatic heterocycles. The lowest BCUT2D eigenvalue weighted by Crippen LogP contribution is -1.94. The number of nitrogens with one attached hydrogen (secondary N) is 1. The number of thiazole rings is 1. The second-order valence-corrected chi connectivity index (χ2v) is 5.32. The smallest absolute Gasteiger partial charge is 0.347 e. The van der Waals surface area contributed by atoms with Gasteiger partial charge in [-0.3, -0.25) is 0 Å². The molecule has 0 unspecified atom stereocenters. The topological polar surface area (TPSA) is 89.8 Å². The molecule has 2 heterocycles. The van der Waals surface area contributed by atoms with Crippen LogP contribution in [0.3, 0.4) is 0 Å². The zero-order chi connectivity index (χ0) is 14.3. The average Bonchev–Trinajstić information content (AvgIpc) is 3.03. The number of aromatic nitrogens is 2. The van der Waals surface area contributed by atoms with E-state index in [0.29, 0.717) is 16.3 Å². The van der Waals surface area contributed by atoms with Gasteiger partial charge in [-0.25, -0.2) is 9.78 Å². The van der Waals surface area contributed by atoms with E-state index in [1.165, 1.54) is 0 Å². The second kappa shape index (κ2) is 4.47. The zero-order valence-corrected chi connectivity index (χ0v) is 11.3. The average molecular weight is 283 g/mol. The lowest BCUT2D eigenvalue weighted by Gasteiger charge is -1.99. The third-order valence-electron chi connectivity index (χ3n) is 3.02. The molecule has 3 rings (SSSR count). The van der Waals surface area contributed by atoms with Crippen LogP contribution in [0.1, 0.15) is 20.9 Å². The van der Waals surface area contributed by atoms with Crippen molar-refractivity contribution in [3.05, 3.63) is 40.5 Å². The van der Waals surface area contributed by atoms with E-state index in [4.69, 9.17) is 5.11 Å². The van der Waals surface area contributed by atoms with E-state index in [0.717, 1.165) is 27.8 Å². The second-order valence-electron chi connectivity index (χ2n) is 4.32. The van der Waals surface area contributed by atoms with Gasteiger partial charge in [0.25, 0.3) is 0 Å². The Morgan fingerprint density at radius 2 is 2.30 bits per heavy atom. The largest absolute Gasteiger partial charge is 0.477 e. The Balaban J connectivity index is 2.22. The van der Waals surface area contributed by atoms with Crippen LogP contribution in [0.25, 0.3) is 21.5 Å². The Labute approximate surface area is 118 Å². The summed E-state index contributed by atoms with van der Waals surface area (Å²) in [5.41, 5.74) is 2.55. The number of nitriles is 1. The number of nitrogens with zero attached hydrogens (tertiary/aromatic N) is 2. The minimum atomic E-state index is -0.977. The van der Waals surface area contributed by atoms with Crippen molar-refractivity contribution in [2.45, 2.75) is 6.92 Å². The Morgan fingerprint density at radius 3 is 2.95 bits per heavy atom. The summed E-state index contributed by atoms with van der Waals surface area (Å²) in [6.07, 6.45) is 1.77. The summed E-state index contributed by atoms with van der Waals surface area (Å²) in [5.74, 6) is -0.977. The molecule has 2 N–H and O–H groups in total. The number of aromatic amines is 1. The Hall–Kier alpha value is -2.65. The molecule has 0 amide bonds. The van der Waals surface area contributed by atoms with Gasteiger partial charge in [-0.15, -0.1) is 11.3 Å². The fraction of sp³-hybridized carbons (Fsp3) is 0.0714.